The van der Waals surface area contributed by atoms with Gasteiger partial charge in [-0.05, 0) is 31.7 Å². The Labute approximate surface area is 149 Å². The molecule has 2 atom stereocenters. The van der Waals surface area contributed by atoms with E-state index < -0.39 is 0 Å². The summed E-state index contributed by atoms with van der Waals surface area (Å²) in [5.74, 6) is 0.105. The van der Waals surface area contributed by atoms with E-state index in [0.717, 1.165) is 12.0 Å². The minimum Gasteiger partial charge on any atom is -0.393 e. The smallest absolute Gasteiger partial charge is 0.133 e. The predicted molar refractivity (Wildman–Crippen MR) is 102 cm³/mol. The van der Waals surface area contributed by atoms with Crippen LogP contribution in [0.15, 0.2) is 30.3 Å². The molecule has 1 aromatic rings. The summed E-state index contributed by atoms with van der Waals surface area (Å²) >= 11 is 0. The summed E-state index contributed by atoms with van der Waals surface area (Å²) in [5, 5.41) is 9.60. The number of ether oxygens (including phenoxy) is 2. The van der Waals surface area contributed by atoms with Gasteiger partial charge >= 0.3 is 0 Å². The third-order valence-corrected chi connectivity index (χ3v) is 2.93. The molecule has 0 saturated heterocycles. The third-order valence-electron chi connectivity index (χ3n) is 2.93. The van der Waals surface area contributed by atoms with Crippen molar-refractivity contribution < 1.29 is 19.4 Å². The molecule has 1 N–H and O–H groups in total. The van der Waals surface area contributed by atoms with Crippen LogP contribution in [0.4, 0.5) is 0 Å². The van der Waals surface area contributed by atoms with E-state index >= 15 is 0 Å². The largest absolute Gasteiger partial charge is 0.393 e. The molecule has 142 valence electrons. The highest BCUT2D eigenvalue weighted by Crippen LogP contribution is 2.16. The van der Waals surface area contributed by atoms with E-state index in [4.69, 9.17) is 0 Å². The zero-order valence-electron chi connectivity index (χ0n) is 16.8. The molecule has 1 rings (SSSR count). The molecule has 1 aromatic carbocycles. The number of Topliss-reactive ketones (excluding diaryl/α,β-unsaturated/α-hetero) is 1. The van der Waals surface area contributed by atoms with Crippen molar-refractivity contribution in [2.75, 3.05) is 28.4 Å². The number of aliphatic hydroxyl groups excluding tert-OH is 1. The molecule has 0 aromatic heterocycles. The molecule has 0 spiro atoms. The molecule has 0 aliphatic carbocycles. The van der Waals surface area contributed by atoms with Crippen molar-refractivity contribution >= 4 is 5.78 Å². The van der Waals surface area contributed by atoms with Gasteiger partial charge in [0.25, 0.3) is 0 Å². The maximum atomic E-state index is 11.5. The van der Waals surface area contributed by atoms with Gasteiger partial charge in [0.2, 0.25) is 0 Å². The standard InChI is InChI=1S/C14H20O2.2C2H6O.C2H6/c1-3-14(16)10-13(11(2)15)9-12-7-5-4-6-8-12;2*1-3-2;1-2/h4-8,13-14,16H,3,9-10H2,1-2H3;2*1-2H3;1-2H3/t13-,14-;;;/m1.../s1. The van der Waals surface area contributed by atoms with Gasteiger partial charge in [0.1, 0.15) is 5.78 Å². The summed E-state index contributed by atoms with van der Waals surface area (Å²) in [6, 6.07) is 9.96. The van der Waals surface area contributed by atoms with Crippen molar-refractivity contribution in [1.29, 1.82) is 0 Å². The van der Waals surface area contributed by atoms with E-state index in [0.29, 0.717) is 12.8 Å². The molecule has 0 saturated carbocycles. The van der Waals surface area contributed by atoms with E-state index in [2.05, 4.69) is 9.47 Å². The SMILES string of the molecule is CC.CC[C@@H](O)C[C@@H](Cc1ccccc1)C(C)=O.COC.COC. The molecule has 0 radical (unpaired) electrons. The molecule has 4 nitrogen and oxygen atoms in total. The number of rotatable bonds is 6. The van der Waals surface area contributed by atoms with Gasteiger partial charge in [-0.2, -0.15) is 0 Å². The molecule has 0 amide bonds. The molecule has 0 fully saturated rings. The Morgan fingerprint density at radius 1 is 1.04 bits per heavy atom. The van der Waals surface area contributed by atoms with E-state index in [1.807, 2.05) is 51.1 Å². The summed E-state index contributed by atoms with van der Waals surface area (Å²) in [6.07, 6.45) is 1.64. The molecule has 0 bridgehead atoms. The fourth-order valence-corrected chi connectivity index (χ4v) is 1.79. The molecular weight excluding hydrogens is 304 g/mol. The number of benzene rings is 1. The first kappa shape index (κ1) is 27.6. The van der Waals surface area contributed by atoms with Crippen LogP contribution in [0.5, 0.6) is 0 Å². The van der Waals surface area contributed by atoms with Crippen LogP contribution in [0.25, 0.3) is 0 Å². The lowest BCUT2D eigenvalue weighted by molar-refractivity contribution is -0.121. The molecule has 0 aliphatic heterocycles. The second-order valence-electron chi connectivity index (χ2n) is 5.11. The number of hydrogen-bond donors (Lipinski definition) is 1. The zero-order chi connectivity index (χ0) is 19.4. The molecule has 4 heteroatoms. The Balaban J connectivity index is -0.000000470. The highest BCUT2D eigenvalue weighted by Gasteiger charge is 2.18. The van der Waals surface area contributed by atoms with Gasteiger partial charge in [-0.25, -0.2) is 0 Å². The summed E-state index contributed by atoms with van der Waals surface area (Å²) in [6.45, 7) is 7.54. The van der Waals surface area contributed by atoms with Crippen molar-refractivity contribution in [3.8, 4) is 0 Å². The first-order chi connectivity index (χ1) is 11.5. The van der Waals surface area contributed by atoms with E-state index in [1.54, 1.807) is 35.4 Å². The van der Waals surface area contributed by atoms with E-state index in [1.165, 1.54) is 0 Å². The second kappa shape index (κ2) is 21.8. The summed E-state index contributed by atoms with van der Waals surface area (Å²) in [4.78, 5) is 11.5. The molecular formula is C20H38O4. The first-order valence-electron chi connectivity index (χ1n) is 8.49. The fourth-order valence-electron chi connectivity index (χ4n) is 1.79. The lowest BCUT2D eigenvalue weighted by atomic mass is 9.90. The second-order valence-corrected chi connectivity index (χ2v) is 5.11. The minimum atomic E-state index is -0.363. The Morgan fingerprint density at radius 3 is 1.79 bits per heavy atom. The topological polar surface area (TPSA) is 55.8 Å². The quantitative estimate of drug-likeness (QED) is 0.844. The van der Waals surface area contributed by atoms with Gasteiger partial charge in [0.05, 0.1) is 6.10 Å². The Hall–Kier alpha value is -1.23. The van der Waals surface area contributed by atoms with E-state index in [-0.39, 0.29) is 17.8 Å². The van der Waals surface area contributed by atoms with Crippen LogP contribution < -0.4 is 0 Å². The number of ketones is 1. The van der Waals surface area contributed by atoms with Crippen LogP contribution in [0.1, 0.15) is 46.1 Å². The van der Waals surface area contributed by atoms with Gasteiger partial charge in [0.15, 0.2) is 0 Å². The lowest BCUT2D eigenvalue weighted by Crippen LogP contribution is -2.20. The number of aliphatic hydroxyl groups is 1. The van der Waals surface area contributed by atoms with Crippen LogP contribution >= 0.6 is 0 Å². The number of carbonyl (C=O) groups excluding carboxylic acids is 1. The van der Waals surface area contributed by atoms with Crippen molar-refractivity contribution in [3.63, 3.8) is 0 Å². The third kappa shape index (κ3) is 18.8. The highest BCUT2D eigenvalue weighted by atomic mass is 16.5. The van der Waals surface area contributed by atoms with Crippen molar-refractivity contribution in [2.45, 2.75) is 53.1 Å². The van der Waals surface area contributed by atoms with Gasteiger partial charge in [-0.15, -0.1) is 0 Å². The number of carbonyl (C=O) groups is 1. The lowest BCUT2D eigenvalue weighted by Gasteiger charge is -2.17. The van der Waals surface area contributed by atoms with E-state index in [9.17, 15) is 9.90 Å². The van der Waals surface area contributed by atoms with Crippen molar-refractivity contribution in [1.82, 2.24) is 0 Å². The van der Waals surface area contributed by atoms with Crippen molar-refractivity contribution in [3.05, 3.63) is 35.9 Å². The number of methoxy groups -OCH3 is 2. The maximum absolute atomic E-state index is 11.5. The van der Waals surface area contributed by atoms with Gasteiger partial charge in [0, 0.05) is 34.4 Å². The van der Waals surface area contributed by atoms with Gasteiger partial charge in [-0.3, -0.25) is 4.79 Å². The normalized spacial score (nSPS) is 11.4. The minimum absolute atomic E-state index is 0.0580. The molecule has 0 aliphatic rings. The summed E-state index contributed by atoms with van der Waals surface area (Å²) < 4.78 is 8.50. The Kier molecular flexibility index (Phi) is 25.0. The first-order valence-corrected chi connectivity index (χ1v) is 8.49. The van der Waals surface area contributed by atoms with Crippen LogP contribution in [-0.4, -0.2) is 45.4 Å². The molecule has 24 heavy (non-hydrogen) atoms. The van der Waals surface area contributed by atoms with Crippen LogP contribution in [0, 0.1) is 5.92 Å². The maximum Gasteiger partial charge on any atom is 0.133 e. The molecule has 0 unspecified atom stereocenters. The van der Waals surface area contributed by atoms with Crippen LogP contribution in [0.2, 0.25) is 0 Å². The Morgan fingerprint density at radius 2 is 1.46 bits per heavy atom. The summed E-state index contributed by atoms with van der Waals surface area (Å²) in [7, 11) is 6.50. The number of hydrogen-bond acceptors (Lipinski definition) is 4. The summed E-state index contributed by atoms with van der Waals surface area (Å²) in [5.41, 5.74) is 1.16. The zero-order valence-corrected chi connectivity index (χ0v) is 16.8. The molecule has 0 heterocycles. The average molecular weight is 343 g/mol. The predicted octanol–water partition coefficient (Wildman–Crippen LogP) is 4.15. The monoisotopic (exact) mass is 342 g/mol. The van der Waals surface area contributed by atoms with Crippen molar-refractivity contribution in [2.24, 2.45) is 5.92 Å². The Bertz CT molecular complexity index is 350. The average Bonchev–Trinajstić information content (AvgIpc) is 2.58. The highest BCUT2D eigenvalue weighted by molar-refractivity contribution is 5.78. The van der Waals surface area contributed by atoms with Gasteiger partial charge < -0.3 is 14.6 Å². The van der Waals surface area contributed by atoms with Gasteiger partial charge in [-0.1, -0.05) is 51.1 Å². The van der Waals surface area contributed by atoms with Crippen LogP contribution in [0.3, 0.4) is 0 Å². The van der Waals surface area contributed by atoms with Crippen LogP contribution in [-0.2, 0) is 20.7 Å². The fraction of sp³-hybridized carbons (Fsp3) is 0.650.